The van der Waals surface area contributed by atoms with Crippen LogP contribution in [0.25, 0.3) is 16.8 Å². The monoisotopic (exact) mass is 411 g/mol. The van der Waals surface area contributed by atoms with Crippen molar-refractivity contribution in [1.82, 2.24) is 4.98 Å². The number of aromatic nitrogens is 1. The number of rotatable bonds is 6. The van der Waals surface area contributed by atoms with Crippen molar-refractivity contribution in [2.75, 3.05) is 5.32 Å². The van der Waals surface area contributed by atoms with Gasteiger partial charge in [0, 0.05) is 22.8 Å². The van der Waals surface area contributed by atoms with Gasteiger partial charge >= 0.3 is 0 Å². The highest BCUT2D eigenvalue weighted by Crippen LogP contribution is 2.27. The minimum atomic E-state index is -0.485. The summed E-state index contributed by atoms with van der Waals surface area (Å²) in [5.41, 5.74) is 4.14. The molecule has 0 unspecified atom stereocenters. The van der Waals surface area contributed by atoms with Crippen molar-refractivity contribution < 1.29 is 4.39 Å². The van der Waals surface area contributed by atoms with Gasteiger partial charge in [-0.25, -0.2) is 9.37 Å². The smallest absolute Gasteiger partial charge is 0.141 e. The van der Waals surface area contributed by atoms with Crippen LogP contribution < -0.4 is 5.32 Å². The quantitative estimate of drug-likeness (QED) is 0.455. The summed E-state index contributed by atoms with van der Waals surface area (Å²) in [6, 6.07) is 14.8. The van der Waals surface area contributed by atoms with Gasteiger partial charge in [-0.05, 0) is 36.1 Å². The van der Waals surface area contributed by atoms with Gasteiger partial charge in [0.25, 0.3) is 0 Å². The first kappa shape index (κ1) is 20.1. The molecule has 0 aliphatic carbocycles. The van der Waals surface area contributed by atoms with Crippen molar-refractivity contribution >= 4 is 34.2 Å². The molecule has 1 heterocycles. The van der Waals surface area contributed by atoms with Crippen LogP contribution in [0.1, 0.15) is 24.4 Å². The molecule has 0 atom stereocenters. The average Bonchev–Trinajstić information content (AvgIpc) is 3.15. The van der Waals surface area contributed by atoms with E-state index in [1.165, 1.54) is 29.0 Å². The lowest BCUT2D eigenvalue weighted by Gasteiger charge is -2.05. The van der Waals surface area contributed by atoms with Crippen molar-refractivity contribution in [3.8, 4) is 17.3 Å². The summed E-state index contributed by atoms with van der Waals surface area (Å²) < 4.78 is 13.2. The van der Waals surface area contributed by atoms with Crippen molar-refractivity contribution in [3.05, 3.63) is 75.5 Å². The first-order chi connectivity index (χ1) is 13.5. The third-order valence-corrected chi connectivity index (χ3v) is 5.22. The van der Waals surface area contributed by atoms with Crippen LogP contribution in [0.4, 0.5) is 10.1 Å². The molecule has 0 saturated heterocycles. The zero-order valence-corrected chi connectivity index (χ0v) is 17.1. The molecule has 2 aromatic carbocycles. The van der Waals surface area contributed by atoms with Gasteiger partial charge in [0.15, 0.2) is 0 Å². The number of nitrogens with zero attached hydrogens (tertiary/aromatic N) is 2. The molecule has 0 radical (unpaired) electrons. The largest absolute Gasteiger partial charge is 0.360 e. The van der Waals surface area contributed by atoms with Gasteiger partial charge < -0.3 is 5.32 Å². The molecule has 6 heteroatoms. The average molecular weight is 412 g/mol. The second-order valence-corrected chi connectivity index (χ2v) is 8.04. The lowest BCUT2D eigenvalue weighted by molar-refractivity contribution is 0.628. The van der Waals surface area contributed by atoms with Crippen LogP contribution in [0.5, 0.6) is 0 Å². The number of hydrogen-bond acceptors (Lipinski definition) is 4. The number of benzene rings is 2. The Morgan fingerprint density at radius 3 is 2.68 bits per heavy atom. The Bertz CT molecular complexity index is 1030. The molecule has 1 aromatic heterocycles. The summed E-state index contributed by atoms with van der Waals surface area (Å²) >= 11 is 7.18. The first-order valence-electron chi connectivity index (χ1n) is 8.83. The van der Waals surface area contributed by atoms with Gasteiger partial charge in [-0.3, -0.25) is 0 Å². The molecule has 0 spiro atoms. The third kappa shape index (κ3) is 4.98. The first-order valence-corrected chi connectivity index (χ1v) is 10.1. The fourth-order valence-electron chi connectivity index (χ4n) is 2.70. The molecule has 1 N–H and O–H groups in total. The van der Waals surface area contributed by atoms with Gasteiger partial charge in [0.1, 0.15) is 22.5 Å². The fourth-order valence-corrected chi connectivity index (χ4v) is 3.67. The number of halogens is 2. The van der Waals surface area contributed by atoms with E-state index < -0.39 is 5.82 Å². The Labute approximate surface area is 173 Å². The summed E-state index contributed by atoms with van der Waals surface area (Å²) in [7, 11) is 0. The molecule has 142 valence electrons. The molecule has 0 fully saturated rings. The Kier molecular flexibility index (Phi) is 6.45. The molecule has 3 aromatic rings. The summed E-state index contributed by atoms with van der Waals surface area (Å²) in [6.07, 6.45) is 2.60. The van der Waals surface area contributed by atoms with E-state index in [1.54, 1.807) is 12.3 Å². The summed E-state index contributed by atoms with van der Waals surface area (Å²) in [5.74, 6) is 0.129. The van der Waals surface area contributed by atoms with Gasteiger partial charge in [0.05, 0.1) is 10.7 Å². The minimum absolute atomic E-state index is 0.0226. The van der Waals surface area contributed by atoms with Gasteiger partial charge in [0.2, 0.25) is 0 Å². The summed E-state index contributed by atoms with van der Waals surface area (Å²) in [6.45, 7) is 4.40. The van der Waals surface area contributed by atoms with E-state index in [2.05, 4.69) is 54.5 Å². The molecular weight excluding hydrogens is 393 g/mol. The molecule has 3 rings (SSSR count). The molecule has 3 nitrogen and oxygen atoms in total. The Balaban J connectivity index is 1.77. The minimum Gasteiger partial charge on any atom is -0.360 e. The highest BCUT2D eigenvalue weighted by atomic mass is 35.5. The van der Waals surface area contributed by atoms with E-state index in [-0.39, 0.29) is 5.02 Å². The molecule has 0 aliphatic heterocycles. The number of anilines is 1. The third-order valence-electron chi connectivity index (χ3n) is 4.05. The molecule has 0 amide bonds. The summed E-state index contributed by atoms with van der Waals surface area (Å²) in [4.78, 5) is 4.59. The zero-order chi connectivity index (χ0) is 20.1. The molecular formula is C22H19ClFN3S. The number of thiazole rings is 1. The van der Waals surface area contributed by atoms with Crippen LogP contribution in [0.3, 0.4) is 0 Å². The van der Waals surface area contributed by atoms with Gasteiger partial charge in [-0.1, -0.05) is 49.7 Å². The van der Waals surface area contributed by atoms with Crippen LogP contribution in [0.15, 0.2) is 54.0 Å². The van der Waals surface area contributed by atoms with Crippen molar-refractivity contribution in [2.24, 2.45) is 5.92 Å². The maximum Gasteiger partial charge on any atom is 0.141 e. The van der Waals surface area contributed by atoms with E-state index >= 15 is 0 Å². The van der Waals surface area contributed by atoms with Crippen LogP contribution in [-0.4, -0.2) is 4.98 Å². The predicted octanol–water partition coefficient (Wildman–Crippen LogP) is 6.78. The second kappa shape index (κ2) is 9.01. The van der Waals surface area contributed by atoms with Crippen LogP contribution in [0, 0.1) is 23.1 Å². The Morgan fingerprint density at radius 2 is 2.04 bits per heavy atom. The van der Waals surface area contributed by atoms with Crippen LogP contribution >= 0.6 is 22.9 Å². The maximum absolute atomic E-state index is 13.2. The van der Waals surface area contributed by atoms with Crippen molar-refractivity contribution in [2.45, 2.75) is 20.3 Å². The topological polar surface area (TPSA) is 48.7 Å². The number of hydrogen-bond donors (Lipinski definition) is 1. The lowest BCUT2D eigenvalue weighted by Crippen LogP contribution is -1.93. The van der Waals surface area contributed by atoms with E-state index in [1.807, 2.05) is 5.38 Å². The van der Waals surface area contributed by atoms with E-state index in [0.29, 0.717) is 22.2 Å². The molecule has 0 aliphatic rings. The number of nitriles is 1. The van der Waals surface area contributed by atoms with E-state index in [0.717, 1.165) is 17.7 Å². The standard InChI is InChI=1S/C22H19ClFN3S/c1-14(2)9-15-3-5-16(6-4-15)21-13-28-22(27-21)17(11-25)12-26-18-7-8-20(24)19(23)10-18/h3-8,10,12-14,26H,9H2,1-2H3/b17-12-. The Morgan fingerprint density at radius 1 is 1.29 bits per heavy atom. The zero-order valence-electron chi connectivity index (χ0n) is 15.5. The molecule has 0 saturated carbocycles. The maximum atomic E-state index is 13.2. The highest BCUT2D eigenvalue weighted by Gasteiger charge is 2.10. The summed E-state index contributed by atoms with van der Waals surface area (Å²) in [5, 5.41) is 15.0. The lowest BCUT2D eigenvalue weighted by atomic mass is 10.0. The van der Waals surface area contributed by atoms with Crippen LogP contribution in [0.2, 0.25) is 5.02 Å². The number of allylic oxidation sites excluding steroid dienone is 1. The van der Waals surface area contributed by atoms with E-state index in [4.69, 9.17) is 11.6 Å². The molecule has 28 heavy (non-hydrogen) atoms. The van der Waals surface area contributed by atoms with Crippen LogP contribution in [-0.2, 0) is 6.42 Å². The van der Waals surface area contributed by atoms with Gasteiger partial charge in [-0.15, -0.1) is 11.3 Å². The second-order valence-electron chi connectivity index (χ2n) is 6.78. The fraction of sp³-hybridized carbons (Fsp3) is 0.182. The Hall–Kier alpha value is -2.68. The number of nitrogens with one attached hydrogen (secondary N) is 1. The van der Waals surface area contributed by atoms with Crippen molar-refractivity contribution in [3.63, 3.8) is 0 Å². The van der Waals surface area contributed by atoms with Gasteiger partial charge in [-0.2, -0.15) is 5.26 Å². The normalized spacial score (nSPS) is 11.5. The van der Waals surface area contributed by atoms with Crippen molar-refractivity contribution in [1.29, 1.82) is 5.26 Å². The predicted molar refractivity (Wildman–Crippen MR) is 115 cm³/mol. The van der Waals surface area contributed by atoms with E-state index in [9.17, 15) is 9.65 Å². The SMILES string of the molecule is CC(C)Cc1ccc(-c2csc(/C(C#N)=C\Nc3ccc(F)c(Cl)c3)n2)cc1. The highest BCUT2D eigenvalue weighted by molar-refractivity contribution is 7.11. The molecule has 0 bridgehead atoms.